The number of nitrogens with one attached hydrogen (secondary N) is 1. The second-order valence-electron chi connectivity index (χ2n) is 7.24. The van der Waals surface area contributed by atoms with Gasteiger partial charge in [0.05, 0.1) is 0 Å². The zero-order chi connectivity index (χ0) is 17.6. The molecule has 0 saturated carbocycles. The zero-order valence-corrected chi connectivity index (χ0v) is 19.5. The average Bonchev–Trinajstić information content (AvgIpc) is 2.60. The largest absolute Gasteiger partial charge is 0.330 e. The smallest absolute Gasteiger partial charge is 0.0223 e. The van der Waals surface area contributed by atoms with Gasteiger partial charge < -0.3 is 11.1 Å². The number of nitrogens with two attached hydrogens (primary N) is 1. The highest BCUT2D eigenvalue weighted by Crippen LogP contribution is 2.12. The van der Waals surface area contributed by atoms with Crippen molar-refractivity contribution in [2.75, 3.05) is 25.5 Å². The van der Waals surface area contributed by atoms with E-state index in [1.165, 1.54) is 116 Å². The Bertz CT molecular complexity index is 197. The summed E-state index contributed by atoms with van der Waals surface area (Å²) >= 11 is 5.66. The second kappa shape index (κ2) is 30.5. The Balaban J connectivity index is -0.00000264. The molecule has 0 fully saturated rings. The third-order valence-corrected chi connectivity index (χ3v) is 5.06. The fourth-order valence-electron chi connectivity index (χ4n) is 3.16. The van der Waals surface area contributed by atoms with Crippen LogP contribution in [0.15, 0.2) is 0 Å². The molecule has 0 aliphatic carbocycles. The van der Waals surface area contributed by atoms with Crippen LogP contribution in [0, 0.1) is 0 Å². The van der Waals surface area contributed by atoms with Gasteiger partial charge in [-0.3, -0.25) is 0 Å². The molecule has 0 amide bonds. The minimum atomic E-state index is 0. The summed E-state index contributed by atoms with van der Waals surface area (Å²) < 4.78 is 0. The van der Waals surface area contributed by atoms with Gasteiger partial charge in [0, 0.05) is 5.88 Å². The Kier molecular flexibility index (Phi) is 37.0. The minimum absolute atomic E-state index is 0. The molecule has 0 radical (unpaired) electrons. The molecule has 5 heteroatoms. The Morgan fingerprint density at radius 3 is 1.12 bits per heavy atom. The van der Waals surface area contributed by atoms with Crippen LogP contribution in [-0.4, -0.2) is 25.5 Å². The molecule has 0 aromatic carbocycles. The van der Waals surface area contributed by atoms with Crippen molar-refractivity contribution < 1.29 is 0 Å². The standard InChI is InChI=1S/C21H45ClN2.2ClH/c22-18-14-13-17-21-24-20-16-12-10-8-6-4-2-1-3-5-7-9-11-15-19-23;;/h24H,1-21,23H2;2*1H. The van der Waals surface area contributed by atoms with Crippen LogP contribution in [0.3, 0.4) is 0 Å². The molecule has 0 spiro atoms. The number of halogens is 3. The highest BCUT2D eigenvalue weighted by Gasteiger charge is 1.94. The van der Waals surface area contributed by atoms with E-state index in [1.807, 2.05) is 0 Å². The first-order valence-electron chi connectivity index (χ1n) is 10.9. The third kappa shape index (κ3) is 29.5. The first kappa shape index (κ1) is 31.5. The molecular formula is C21H47Cl3N2. The van der Waals surface area contributed by atoms with E-state index >= 15 is 0 Å². The molecule has 3 N–H and O–H groups in total. The van der Waals surface area contributed by atoms with Crippen LogP contribution in [0.1, 0.15) is 109 Å². The van der Waals surface area contributed by atoms with Gasteiger partial charge in [0.15, 0.2) is 0 Å². The summed E-state index contributed by atoms with van der Waals surface area (Å²) in [4.78, 5) is 0. The van der Waals surface area contributed by atoms with E-state index in [4.69, 9.17) is 17.3 Å². The van der Waals surface area contributed by atoms with Gasteiger partial charge in [0.1, 0.15) is 0 Å². The second-order valence-corrected chi connectivity index (χ2v) is 7.62. The summed E-state index contributed by atoms with van der Waals surface area (Å²) in [7, 11) is 0. The van der Waals surface area contributed by atoms with Gasteiger partial charge in [-0.05, 0) is 45.3 Å². The lowest BCUT2D eigenvalue weighted by Gasteiger charge is -2.05. The van der Waals surface area contributed by atoms with Crippen LogP contribution in [-0.2, 0) is 0 Å². The van der Waals surface area contributed by atoms with Gasteiger partial charge in [0.2, 0.25) is 0 Å². The predicted octanol–water partition coefficient (Wildman–Crippen LogP) is 7.25. The normalized spacial score (nSPS) is 10.4. The third-order valence-electron chi connectivity index (χ3n) is 4.79. The molecule has 0 bridgehead atoms. The summed E-state index contributed by atoms with van der Waals surface area (Å²) in [5, 5.41) is 3.54. The van der Waals surface area contributed by atoms with E-state index in [1.54, 1.807) is 0 Å². The number of unbranched alkanes of at least 4 members (excludes halogenated alkanes) is 15. The van der Waals surface area contributed by atoms with E-state index in [9.17, 15) is 0 Å². The van der Waals surface area contributed by atoms with E-state index in [0.717, 1.165) is 18.8 Å². The average molecular weight is 434 g/mol. The van der Waals surface area contributed by atoms with Crippen molar-refractivity contribution in [2.24, 2.45) is 5.73 Å². The summed E-state index contributed by atoms with van der Waals surface area (Å²) in [6, 6.07) is 0. The Morgan fingerprint density at radius 1 is 0.462 bits per heavy atom. The van der Waals surface area contributed by atoms with E-state index < -0.39 is 0 Å². The lowest BCUT2D eigenvalue weighted by atomic mass is 10.0. The molecule has 0 heterocycles. The molecule has 0 unspecified atom stereocenters. The maximum Gasteiger partial charge on any atom is 0.0223 e. The van der Waals surface area contributed by atoms with Crippen LogP contribution in [0.2, 0.25) is 0 Å². The molecule has 0 aliphatic rings. The maximum atomic E-state index is 5.66. The first-order chi connectivity index (χ1) is 11.9. The molecule has 0 aromatic heterocycles. The van der Waals surface area contributed by atoms with Crippen molar-refractivity contribution >= 4 is 36.4 Å². The molecule has 0 rings (SSSR count). The van der Waals surface area contributed by atoms with E-state index in [-0.39, 0.29) is 24.8 Å². The number of hydrogen-bond acceptors (Lipinski definition) is 2. The van der Waals surface area contributed by atoms with Gasteiger partial charge in [0.25, 0.3) is 0 Å². The molecule has 0 aromatic rings. The van der Waals surface area contributed by atoms with Gasteiger partial charge in [-0.1, -0.05) is 83.5 Å². The lowest BCUT2D eigenvalue weighted by molar-refractivity contribution is 0.526. The summed E-state index contributed by atoms with van der Waals surface area (Å²) in [6.07, 6.45) is 23.4. The van der Waals surface area contributed by atoms with Gasteiger partial charge in [-0.2, -0.15) is 0 Å². The van der Waals surface area contributed by atoms with Gasteiger partial charge in [-0.15, -0.1) is 36.4 Å². The molecule has 0 aliphatic heterocycles. The monoisotopic (exact) mass is 432 g/mol. The van der Waals surface area contributed by atoms with Crippen molar-refractivity contribution in [3.63, 3.8) is 0 Å². The van der Waals surface area contributed by atoms with E-state index in [0.29, 0.717) is 0 Å². The van der Waals surface area contributed by atoms with Crippen LogP contribution >= 0.6 is 36.4 Å². The number of rotatable bonds is 21. The topological polar surface area (TPSA) is 38.0 Å². The SMILES string of the molecule is Cl.Cl.NCCCCCCCCCCCCCCCCNCCCCCCl. The summed E-state index contributed by atoms with van der Waals surface area (Å²) in [5.41, 5.74) is 5.50. The van der Waals surface area contributed by atoms with E-state index in [2.05, 4.69) is 5.32 Å². The Hall–Kier alpha value is 0.790. The number of alkyl halides is 1. The highest BCUT2D eigenvalue weighted by atomic mass is 35.5. The fraction of sp³-hybridized carbons (Fsp3) is 1.00. The molecule has 0 saturated heterocycles. The van der Waals surface area contributed by atoms with Crippen molar-refractivity contribution in [1.82, 2.24) is 5.32 Å². The van der Waals surface area contributed by atoms with Crippen LogP contribution in [0.5, 0.6) is 0 Å². The van der Waals surface area contributed by atoms with Crippen molar-refractivity contribution in [2.45, 2.75) is 109 Å². The molecule has 26 heavy (non-hydrogen) atoms. The molecule has 2 nitrogen and oxygen atoms in total. The van der Waals surface area contributed by atoms with Gasteiger partial charge in [-0.25, -0.2) is 0 Å². The van der Waals surface area contributed by atoms with Crippen LogP contribution < -0.4 is 11.1 Å². The highest BCUT2D eigenvalue weighted by molar-refractivity contribution is 6.17. The van der Waals surface area contributed by atoms with Crippen molar-refractivity contribution in [3.8, 4) is 0 Å². The van der Waals surface area contributed by atoms with Crippen molar-refractivity contribution in [3.05, 3.63) is 0 Å². The van der Waals surface area contributed by atoms with Crippen LogP contribution in [0.4, 0.5) is 0 Å². The first-order valence-corrected chi connectivity index (χ1v) is 11.4. The summed E-state index contributed by atoms with van der Waals surface area (Å²) in [6.45, 7) is 3.24. The Morgan fingerprint density at radius 2 is 0.769 bits per heavy atom. The van der Waals surface area contributed by atoms with Crippen molar-refractivity contribution in [1.29, 1.82) is 0 Å². The lowest BCUT2D eigenvalue weighted by Crippen LogP contribution is -2.16. The molecule has 0 atom stereocenters. The van der Waals surface area contributed by atoms with Crippen LogP contribution in [0.25, 0.3) is 0 Å². The fourth-order valence-corrected chi connectivity index (χ4v) is 3.35. The molecule has 162 valence electrons. The predicted molar refractivity (Wildman–Crippen MR) is 126 cm³/mol. The maximum absolute atomic E-state index is 5.66. The summed E-state index contributed by atoms with van der Waals surface area (Å²) in [5.74, 6) is 0.815. The number of hydrogen-bond donors (Lipinski definition) is 2. The quantitative estimate of drug-likeness (QED) is 0.148. The molecular weight excluding hydrogens is 387 g/mol. The zero-order valence-electron chi connectivity index (χ0n) is 17.1. The Labute approximate surface area is 182 Å². The van der Waals surface area contributed by atoms with Gasteiger partial charge >= 0.3 is 0 Å². The minimum Gasteiger partial charge on any atom is -0.330 e.